The average Bonchev–Trinajstić information content (AvgIpc) is 2.37. The van der Waals surface area contributed by atoms with E-state index in [4.69, 9.17) is 4.74 Å². The van der Waals surface area contributed by atoms with Gasteiger partial charge in [0.2, 0.25) is 0 Å². The van der Waals surface area contributed by atoms with E-state index in [0.29, 0.717) is 12.0 Å². The average molecular weight is 253 g/mol. The first-order valence-corrected chi connectivity index (χ1v) is 7.78. The third kappa shape index (κ3) is 2.33. The van der Waals surface area contributed by atoms with Gasteiger partial charge in [-0.05, 0) is 50.9 Å². The molecule has 1 N–H and O–H groups in total. The number of nitrogens with zero attached hydrogens (tertiary/aromatic N) is 1. The second-order valence-corrected chi connectivity index (χ2v) is 6.55. The lowest BCUT2D eigenvalue weighted by atomic mass is 9.73. The van der Waals surface area contributed by atoms with Crippen LogP contribution < -0.4 is 0 Å². The van der Waals surface area contributed by atoms with E-state index in [1.807, 2.05) is 0 Å². The number of ether oxygens (including phenoxy) is 1. The van der Waals surface area contributed by atoms with Crippen molar-refractivity contribution in [2.24, 2.45) is 5.92 Å². The van der Waals surface area contributed by atoms with E-state index >= 15 is 0 Å². The van der Waals surface area contributed by atoms with Crippen LogP contribution in [0.4, 0.5) is 0 Å². The monoisotopic (exact) mass is 253 g/mol. The molecule has 3 rings (SSSR count). The smallest absolute Gasteiger partial charge is 0.0697 e. The molecule has 1 aliphatic carbocycles. The van der Waals surface area contributed by atoms with Gasteiger partial charge in [-0.15, -0.1) is 0 Å². The molecule has 2 aliphatic heterocycles. The maximum absolute atomic E-state index is 9.99. The first-order chi connectivity index (χ1) is 8.72. The molecule has 3 nitrogen and oxygen atoms in total. The van der Waals surface area contributed by atoms with Crippen LogP contribution in [-0.4, -0.2) is 47.4 Å². The molecular weight excluding hydrogens is 226 g/mol. The van der Waals surface area contributed by atoms with Crippen LogP contribution in [0.5, 0.6) is 0 Å². The molecule has 0 aromatic rings. The van der Waals surface area contributed by atoms with E-state index in [1.54, 1.807) is 0 Å². The van der Waals surface area contributed by atoms with Gasteiger partial charge in [0.1, 0.15) is 0 Å². The lowest BCUT2D eigenvalue weighted by Gasteiger charge is -2.51. The molecule has 0 aromatic carbocycles. The summed E-state index contributed by atoms with van der Waals surface area (Å²) in [5, 5.41) is 9.99. The van der Waals surface area contributed by atoms with Crippen molar-refractivity contribution < 1.29 is 9.84 Å². The van der Waals surface area contributed by atoms with Gasteiger partial charge in [-0.3, -0.25) is 4.90 Å². The molecule has 1 spiro atoms. The third-order valence-electron chi connectivity index (χ3n) is 5.50. The summed E-state index contributed by atoms with van der Waals surface area (Å²) in [5.41, 5.74) is 0.251. The summed E-state index contributed by atoms with van der Waals surface area (Å²) in [6, 6.07) is 0.709. The van der Waals surface area contributed by atoms with E-state index in [2.05, 4.69) is 11.8 Å². The summed E-state index contributed by atoms with van der Waals surface area (Å²) in [6.45, 7) is 5.33. The number of hydrogen-bond acceptors (Lipinski definition) is 3. The lowest BCUT2D eigenvalue weighted by Crippen LogP contribution is -2.55. The second-order valence-electron chi connectivity index (χ2n) is 6.55. The van der Waals surface area contributed by atoms with Gasteiger partial charge in [0.15, 0.2) is 0 Å². The molecule has 3 aliphatic rings. The van der Waals surface area contributed by atoms with Crippen LogP contribution in [0.2, 0.25) is 0 Å². The van der Waals surface area contributed by atoms with Crippen molar-refractivity contribution >= 4 is 0 Å². The molecule has 3 heteroatoms. The highest BCUT2D eigenvalue weighted by Crippen LogP contribution is 2.43. The topological polar surface area (TPSA) is 32.7 Å². The lowest BCUT2D eigenvalue weighted by molar-refractivity contribution is -0.153. The summed E-state index contributed by atoms with van der Waals surface area (Å²) in [4.78, 5) is 2.64. The third-order valence-corrected chi connectivity index (χ3v) is 5.50. The van der Waals surface area contributed by atoms with Crippen LogP contribution in [0.1, 0.15) is 51.9 Å². The van der Waals surface area contributed by atoms with Gasteiger partial charge in [0.05, 0.1) is 11.7 Å². The van der Waals surface area contributed by atoms with E-state index in [9.17, 15) is 5.11 Å². The quantitative estimate of drug-likeness (QED) is 0.819. The van der Waals surface area contributed by atoms with Crippen molar-refractivity contribution in [2.45, 2.75) is 69.6 Å². The Morgan fingerprint density at radius 1 is 1.33 bits per heavy atom. The standard InChI is InChI=1S/C15H27NO2/c1-2-12-11-16(8-4-14(12)17)13-5-9-18-15(10-13)6-3-7-15/h12-14,17H,2-11H2,1H3. The van der Waals surface area contributed by atoms with Gasteiger partial charge in [-0.2, -0.15) is 0 Å². The zero-order valence-corrected chi connectivity index (χ0v) is 11.6. The van der Waals surface area contributed by atoms with Crippen molar-refractivity contribution in [3.63, 3.8) is 0 Å². The maximum Gasteiger partial charge on any atom is 0.0697 e. The van der Waals surface area contributed by atoms with Crippen LogP contribution in [0, 0.1) is 5.92 Å². The molecule has 18 heavy (non-hydrogen) atoms. The fourth-order valence-corrected chi connectivity index (χ4v) is 4.01. The Morgan fingerprint density at radius 2 is 2.17 bits per heavy atom. The molecule has 3 atom stereocenters. The predicted molar refractivity (Wildman–Crippen MR) is 71.5 cm³/mol. The van der Waals surface area contributed by atoms with E-state index in [0.717, 1.165) is 32.5 Å². The number of aliphatic hydroxyl groups is 1. The Bertz CT molecular complexity index is 290. The highest BCUT2D eigenvalue weighted by molar-refractivity contribution is 4.97. The molecule has 2 heterocycles. The molecule has 3 unspecified atom stereocenters. The van der Waals surface area contributed by atoms with Gasteiger partial charge >= 0.3 is 0 Å². The Morgan fingerprint density at radius 3 is 2.83 bits per heavy atom. The summed E-state index contributed by atoms with van der Waals surface area (Å²) in [5.74, 6) is 0.485. The van der Waals surface area contributed by atoms with Crippen LogP contribution in [-0.2, 0) is 4.74 Å². The molecule has 0 radical (unpaired) electrons. The minimum Gasteiger partial charge on any atom is -0.393 e. The molecule has 0 aromatic heterocycles. The molecule has 3 fully saturated rings. The van der Waals surface area contributed by atoms with Crippen molar-refractivity contribution in [3.8, 4) is 0 Å². The first kappa shape index (κ1) is 12.9. The van der Waals surface area contributed by atoms with Gasteiger partial charge in [0.25, 0.3) is 0 Å². The molecule has 104 valence electrons. The Kier molecular flexibility index (Phi) is 3.65. The number of piperidine rings is 1. The number of likely N-dealkylation sites (tertiary alicyclic amines) is 1. The predicted octanol–water partition coefficient (Wildman–Crippen LogP) is 2.18. The molecule has 2 saturated heterocycles. The molecule has 0 bridgehead atoms. The highest BCUT2D eigenvalue weighted by Gasteiger charge is 2.44. The minimum absolute atomic E-state index is 0.0660. The van der Waals surface area contributed by atoms with Gasteiger partial charge in [-0.25, -0.2) is 0 Å². The summed E-state index contributed by atoms with van der Waals surface area (Å²) >= 11 is 0. The molecule has 0 amide bonds. The maximum atomic E-state index is 9.99. The fourth-order valence-electron chi connectivity index (χ4n) is 4.01. The van der Waals surface area contributed by atoms with E-state index in [-0.39, 0.29) is 11.7 Å². The normalized spacial score (nSPS) is 40.7. The van der Waals surface area contributed by atoms with Gasteiger partial charge in [0, 0.05) is 25.7 Å². The Labute approximate surface area is 110 Å². The minimum atomic E-state index is -0.0660. The SMILES string of the molecule is CCC1CN(C2CCOC3(CCC3)C2)CCC1O. The van der Waals surface area contributed by atoms with Crippen molar-refractivity contribution in [3.05, 3.63) is 0 Å². The van der Waals surface area contributed by atoms with Crippen molar-refractivity contribution in [1.82, 2.24) is 4.90 Å². The Hall–Kier alpha value is -0.120. The highest BCUT2D eigenvalue weighted by atomic mass is 16.5. The fraction of sp³-hybridized carbons (Fsp3) is 1.00. The zero-order valence-electron chi connectivity index (χ0n) is 11.6. The van der Waals surface area contributed by atoms with Crippen LogP contribution in [0.25, 0.3) is 0 Å². The molecule has 1 saturated carbocycles. The van der Waals surface area contributed by atoms with Gasteiger partial charge in [-0.1, -0.05) is 6.92 Å². The van der Waals surface area contributed by atoms with Crippen molar-refractivity contribution in [1.29, 1.82) is 0 Å². The van der Waals surface area contributed by atoms with Gasteiger partial charge < -0.3 is 9.84 Å². The Balaban J connectivity index is 1.60. The van der Waals surface area contributed by atoms with Crippen LogP contribution >= 0.6 is 0 Å². The van der Waals surface area contributed by atoms with Crippen molar-refractivity contribution in [2.75, 3.05) is 19.7 Å². The summed E-state index contributed by atoms with van der Waals surface area (Å²) in [6.07, 6.45) is 8.32. The second kappa shape index (κ2) is 5.10. The molecular formula is C15H27NO2. The summed E-state index contributed by atoms with van der Waals surface area (Å²) in [7, 11) is 0. The summed E-state index contributed by atoms with van der Waals surface area (Å²) < 4.78 is 6.02. The zero-order chi connectivity index (χ0) is 12.6. The van der Waals surface area contributed by atoms with Crippen LogP contribution in [0.3, 0.4) is 0 Å². The van der Waals surface area contributed by atoms with E-state index in [1.165, 1.54) is 32.1 Å². The van der Waals surface area contributed by atoms with E-state index < -0.39 is 0 Å². The number of aliphatic hydroxyl groups excluding tert-OH is 1. The number of rotatable bonds is 2. The first-order valence-electron chi connectivity index (χ1n) is 7.78. The van der Waals surface area contributed by atoms with Crippen LogP contribution in [0.15, 0.2) is 0 Å². The largest absolute Gasteiger partial charge is 0.393 e. The number of hydrogen-bond donors (Lipinski definition) is 1.